The number of hydrogen-bond donors (Lipinski definition) is 0. The van der Waals surface area contributed by atoms with E-state index in [2.05, 4.69) is 0 Å². The summed E-state index contributed by atoms with van der Waals surface area (Å²) in [6.07, 6.45) is 4.52. The molecule has 3 rings (SSSR count). The van der Waals surface area contributed by atoms with Crippen LogP contribution in [0.4, 0.5) is 5.69 Å². The molecule has 5 heteroatoms. The molecule has 106 valence electrons. The van der Waals surface area contributed by atoms with Gasteiger partial charge in [0, 0.05) is 12.1 Å². The lowest BCUT2D eigenvalue weighted by atomic mass is 9.73. The number of nitrogens with zero attached hydrogens (tertiary/aromatic N) is 1. The van der Waals surface area contributed by atoms with E-state index in [-0.39, 0.29) is 24.2 Å². The zero-order chi connectivity index (χ0) is 14.1. The zero-order valence-electron chi connectivity index (χ0n) is 11.2. The molecular formula is C15H17NO4. The van der Waals surface area contributed by atoms with Gasteiger partial charge in [-0.1, -0.05) is 0 Å². The van der Waals surface area contributed by atoms with E-state index < -0.39 is 4.92 Å². The van der Waals surface area contributed by atoms with E-state index in [0.717, 1.165) is 30.7 Å². The van der Waals surface area contributed by atoms with Gasteiger partial charge in [-0.05, 0) is 55.2 Å². The molecule has 0 aliphatic heterocycles. The van der Waals surface area contributed by atoms with Crippen molar-refractivity contribution < 1.29 is 14.5 Å². The number of fused-ring (bicyclic) bond motifs is 1. The van der Waals surface area contributed by atoms with E-state index >= 15 is 0 Å². The summed E-state index contributed by atoms with van der Waals surface area (Å²) in [4.78, 5) is 22.2. The molecular weight excluding hydrogens is 258 g/mol. The summed E-state index contributed by atoms with van der Waals surface area (Å²) < 4.78 is 5.36. The van der Waals surface area contributed by atoms with E-state index in [1.54, 1.807) is 12.1 Å². The van der Waals surface area contributed by atoms with Crippen LogP contribution in [0.5, 0.6) is 0 Å². The molecule has 0 amide bonds. The van der Waals surface area contributed by atoms with Crippen LogP contribution in [0.15, 0.2) is 24.3 Å². The number of non-ortho nitro benzene ring substituents is 1. The number of esters is 1. The molecule has 2 aliphatic rings. The van der Waals surface area contributed by atoms with Gasteiger partial charge in [0.25, 0.3) is 5.69 Å². The van der Waals surface area contributed by atoms with Crippen LogP contribution in [0.1, 0.15) is 31.2 Å². The lowest BCUT2D eigenvalue weighted by Gasteiger charge is -2.33. The minimum absolute atomic E-state index is 0.0492. The fourth-order valence-electron chi connectivity index (χ4n) is 3.36. The SMILES string of the molecule is O=C(OCc1ccc([N+](=O)[O-])cc1)C1CCC2CCC21. The summed E-state index contributed by atoms with van der Waals surface area (Å²) in [5.74, 6) is 1.26. The number of hydrogen-bond acceptors (Lipinski definition) is 4. The Morgan fingerprint density at radius 1 is 1.20 bits per heavy atom. The molecule has 0 saturated heterocycles. The molecule has 0 heterocycles. The molecule has 2 saturated carbocycles. The molecule has 20 heavy (non-hydrogen) atoms. The van der Waals surface area contributed by atoms with Gasteiger partial charge in [-0.2, -0.15) is 0 Å². The number of ether oxygens (including phenoxy) is 1. The van der Waals surface area contributed by atoms with Crippen molar-refractivity contribution in [3.05, 3.63) is 39.9 Å². The predicted octanol–water partition coefficient (Wildman–Crippen LogP) is 3.07. The van der Waals surface area contributed by atoms with Crippen LogP contribution in [0.3, 0.4) is 0 Å². The number of carbonyl (C=O) groups excluding carboxylic acids is 1. The lowest BCUT2D eigenvalue weighted by Crippen LogP contribution is -2.30. The molecule has 0 radical (unpaired) electrons. The van der Waals surface area contributed by atoms with Crippen molar-refractivity contribution in [2.75, 3.05) is 0 Å². The number of rotatable bonds is 4. The smallest absolute Gasteiger partial charge is 0.309 e. The first-order valence-electron chi connectivity index (χ1n) is 7.05. The fraction of sp³-hybridized carbons (Fsp3) is 0.533. The summed E-state index contributed by atoms with van der Waals surface area (Å²) in [7, 11) is 0. The van der Waals surface area contributed by atoms with Crippen LogP contribution in [-0.4, -0.2) is 10.9 Å². The fourth-order valence-corrected chi connectivity index (χ4v) is 3.36. The minimum atomic E-state index is -0.439. The maximum absolute atomic E-state index is 12.1. The van der Waals surface area contributed by atoms with Crippen LogP contribution >= 0.6 is 0 Å². The molecule has 1 aromatic rings. The van der Waals surface area contributed by atoms with Crippen LogP contribution in [0.2, 0.25) is 0 Å². The maximum Gasteiger partial charge on any atom is 0.309 e. The molecule has 0 aromatic heterocycles. The van der Waals surface area contributed by atoms with Crippen molar-refractivity contribution in [2.24, 2.45) is 17.8 Å². The average Bonchev–Trinajstić information content (AvgIpc) is 2.71. The zero-order valence-corrected chi connectivity index (χ0v) is 11.2. The van der Waals surface area contributed by atoms with E-state index in [9.17, 15) is 14.9 Å². The highest BCUT2D eigenvalue weighted by molar-refractivity contribution is 5.73. The van der Waals surface area contributed by atoms with Crippen LogP contribution in [-0.2, 0) is 16.1 Å². The third kappa shape index (κ3) is 2.40. The first kappa shape index (κ1) is 13.1. The van der Waals surface area contributed by atoms with E-state index in [0.29, 0.717) is 5.92 Å². The van der Waals surface area contributed by atoms with E-state index in [1.807, 2.05) is 0 Å². The Bertz CT molecular complexity index is 525. The Morgan fingerprint density at radius 2 is 1.90 bits per heavy atom. The Hall–Kier alpha value is -1.91. The largest absolute Gasteiger partial charge is 0.461 e. The first-order chi connectivity index (χ1) is 9.65. The predicted molar refractivity (Wildman–Crippen MR) is 71.8 cm³/mol. The van der Waals surface area contributed by atoms with Crippen LogP contribution < -0.4 is 0 Å². The van der Waals surface area contributed by atoms with Crippen molar-refractivity contribution in [3.8, 4) is 0 Å². The number of nitro groups is 1. The van der Waals surface area contributed by atoms with Gasteiger partial charge in [0.15, 0.2) is 0 Å². The average molecular weight is 275 g/mol. The summed E-state index contributed by atoms with van der Waals surface area (Å²) in [6, 6.07) is 6.12. The van der Waals surface area contributed by atoms with E-state index in [1.165, 1.54) is 18.6 Å². The normalized spacial score (nSPS) is 27.5. The summed E-state index contributed by atoms with van der Waals surface area (Å²) in [6.45, 7) is 0.199. The highest BCUT2D eigenvalue weighted by atomic mass is 16.6. The van der Waals surface area contributed by atoms with Gasteiger partial charge in [-0.25, -0.2) is 0 Å². The van der Waals surface area contributed by atoms with Crippen molar-refractivity contribution in [1.29, 1.82) is 0 Å². The van der Waals surface area contributed by atoms with Crippen molar-refractivity contribution in [1.82, 2.24) is 0 Å². The standard InChI is InChI=1S/C15H17NO4/c17-15(14-8-4-11-3-7-13(11)14)20-9-10-1-5-12(6-2-10)16(18)19/h1-2,5-6,11,13-14H,3-4,7-9H2. The third-order valence-electron chi connectivity index (χ3n) is 4.67. The highest BCUT2D eigenvalue weighted by Crippen LogP contribution is 2.50. The van der Waals surface area contributed by atoms with Gasteiger partial charge >= 0.3 is 5.97 Å². The van der Waals surface area contributed by atoms with Gasteiger partial charge in [-0.15, -0.1) is 0 Å². The summed E-state index contributed by atoms with van der Waals surface area (Å²) in [5, 5.41) is 10.5. The Kier molecular flexibility index (Phi) is 3.42. The van der Waals surface area contributed by atoms with Crippen molar-refractivity contribution in [3.63, 3.8) is 0 Å². The van der Waals surface area contributed by atoms with Gasteiger partial charge in [0.05, 0.1) is 10.8 Å². The van der Waals surface area contributed by atoms with Gasteiger partial charge in [0.2, 0.25) is 0 Å². The number of carbonyl (C=O) groups is 1. The van der Waals surface area contributed by atoms with Crippen molar-refractivity contribution in [2.45, 2.75) is 32.3 Å². The Balaban J connectivity index is 1.54. The van der Waals surface area contributed by atoms with Gasteiger partial charge in [-0.3, -0.25) is 14.9 Å². The van der Waals surface area contributed by atoms with Crippen LogP contribution in [0.25, 0.3) is 0 Å². The highest BCUT2D eigenvalue weighted by Gasteiger charge is 2.45. The quantitative estimate of drug-likeness (QED) is 0.481. The number of nitro benzene ring substituents is 1. The topological polar surface area (TPSA) is 69.4 Å². The molecule has 0 bridgehead atoms. The number of benzene rings is 1. The molecule has 1 aromatic carbocycles. The van der Waals surface area contributed by atoms with E-state index in [4.69, 9.17) is 4.74 Å². The molecule has 5 nitrogen and oxygen atoms in total. The van der Waals surface area contributed by atoms with Crippen LogP contribution in [0, 0.1) is 27.9 Å². The Labute approximate surface area is 117 Å². The molecule has 3 unspecified atom stereocenters. The lowest BCUT2D eigenvalue weighted by molar-refractivity contribution is -0.384. The molecule has 3 atom stereocenters. The molecule has 0 spiro atoms. The summed E-state index contributed by atoms with van der Waals surface area (Å²) >= 11 is 0. The minimum Gasteiger partial charge on any atom is -0.461 e. The molecule has 2 aliphatic carbocycles. The molecule has 2 fully saturated rings. The maximum atomic E-state index is 12.1. The second-order valence-electron chi connectivity index (χ2n) is 5.72. The van der Waals surface area contributed by atoms with Crippen molar-refractivity contribution >= 4 is 11.7 Å². The first-order valence-corrected chi connectivity index (χ1v) is 7.05. The third-order valence-corrected chi connectivity index (χ3v) is 4.67. The van der Waals surface area contributed by atoms with Gasteiger partial charge < -0.3 is 4.74 Å². The second kappa shape index (κ2) is 5.23. The monoisotopic (exact) mass is 275 g/mol. The molecule has 0 N–H and O–H groups in total. The van der Waals surface area contributed by atoms with Gasteiger partial charge in [0.1, 0.15) is 6.61 Å². The Morgan fingerprint density at radius 3 is 2.45 bits per heavy atom. The summed E-state index contributed by atoms with van der Waals surface area (Å²) in [5.41, 5.74) is 0.834. The second-order valence-corrected chi connectivity index (χ2v) is 5.72.